The average molecular weight is 202 g/mol. The molecule has 0 spiro atoms. The van der Waals surface area contributed by atoms with E-state index in [2.05, 4.69) is 22.4 Å². The minimum Gasteiger partial charge on any atom is -0.316 e. The summed E-state index contributed by atoms with van der Waals surface area (Å²) in [6.07, 6.45) is 4.48. The monoisotopic (exact) mass is 201 g/mol. The normalized spacial score (nSPS) is 22.4. The lowest BCUT2D eigenvalue weighted by atomic mass is 9.94. The molecule has 1 saturated heterocycles. The van der Waals surface area contributed by atoms with Gasteiger partial charge in [-0.1, -0.05) is 0 Å². The molecule has 4 heteroatoms. The first kappa shape index (κ1) is 10.5. The molecule has 0 saturated carbocycles. The molecule has 2 heterocycles. The number of aryl methyl sites for hydroxylation is 1. The van der Waals surface area contributed by atoms with E-state index >= 15 is 0 Å². The first-order valence-corrected chi connectivity index (χ1v) is 4.58. The van der Waals surface area contributed by atoms with Crippen molar-refractivity contribution < 1.29 is 0 Å². The molecule has 3 nitrogen and oxygen atoms in total. The second kappa shape index (κ2) is 4.63. The van der Waals surface area contributed by atoms with Gasteiger partial charge in [0.25, 0.3) is 0 Å². The van der Waals surface area contributed by atoms with Gasteiger partial charge in [-0.05, 0) is 31.9 Å². The summed E-state index contributed by atoms with van der Waals surface area (Å²) in [5, 5.41) is 10.5. The van der Waals surface area contributed by atoms with E-state index in [1.807, 2.05) is 6.20 Å². The van der Waals surface area contributed by atoms with Crippen molar-refractivity contribution in [3.05, 3.63) is 17.5 Å². The van der Waals surface area contributed by atoms with Crippen LogP contribution < -0.4 is 5.32 Å². The fourth-order valence-electron chi connectivity index (χ4n) is 1.87. The topological polar surface area (TPSA) is 40.7 Å². The second-order valence-electron chi connectivity index (χ2n) is 3.51. The summed E-state index contributed by atoms with van der Waals surface area (Å²) in [6.45, 7) is 4.39. The van der Waals surface area contributed by atoms with Crippen molar-refractivity contribution in [2.45, 2.75) is 25.7 Å². The first-order valence-electron chi connectivity index (χ1n) is 4.58. The van der Waals surface area contributed by atoms with Crippen LogP contribution in [-0.2, 0) is 0 Å². The Hall–Kier alpha value is -0.540. The van der Waals surface area contributed by atoms with Crippen molar-refractivity contribution in [1.29, 1.82) is 0 Å². The number of nitrogens with zero attached hydrogens (tertiary/aromatic N) is 1. The van der Waals surface area contributed by atoms with Crippen LogP contribution in [0.25, 0.3) is 0 Å². The summed E-state index contributed by atoms with van der Waals surface area (Å²) in [5.74, 6) is 0.654. The standard InChI is InChI=1S/C9H15N3.ClH/c1-7-5-11-12-9(7)8-3-2-4-10-6-8;/h5,8,10H,2-4,6H2,1H3,(H,11,12);1H/t8-;/m0./s1. The Labute approximate surface area is 84.7 Å². The van der Waals surface area contributed by atoms with Gasteiger partial charge in [0.15, 0.2) is 0 Å². The van der Waals surface area contributed by atoms with Crippen molar-refractivity contribution >= 4 is 12.4 Å². The van der Waals surface area contributed by atoms with E-state index < -0.39 is 0 Å². The number of hydrogen-bond donors (Lipinski definition) is 2. The molecule has 1 aromatic rings. The Bertz CT molecular complexity index is 253. The maximum absolute atomic E-state index is 4.04. The summed E-state index contributed by atoms with van der Waals surface area (Å²) >= 11 is 0. The van der Waals surface area contributed by atoms with Gasteiger partial charge in [0.1, 0.15) is 0 Å². The largest absolute Gasteiger partial charge is 0.316 e. The maximum Gasteiger partial charge on any atom is 0.0519 e. The minimum atomic E-state index is 0. The van der Waals surface area contributed by atoms with Crippen LogP contribution in [0.4, 0.5) is 0 Å². The number of nitrogens with one attached hydrogen (secondary N) is 2. The Morgan fingerprint density at radius 1 is 1.54 bits per heavy atom. The fraction of sp³-hybridized carbons (Fsp3) is 0.667. The molecule has 1 aliphatic heterocycles. The van der Waals surface area contributed by atoms with Crippen LogP contribution in [0.3, 0.4) is 0 Å². The smallest absolute Gasteiger partial charge is 0.0519 e. The lowest BCUT2D eigenvalue weighted by Gasteiger charge is -2.21. The summed E-state index contributed by atoms with van der Waals surface area (Å²) in [6, 6.07) is 0. The predicted molar refractivity (Wildman–Crippen MR) is 55.4 cm³/mol. The Balaban J connectivity index is 0.000000845. The molecule has 1 atom stereocenters. The fourth-order valence-corrected chi connectivity index (χ4v) is 1.87. The van der Waals surface area contributed by atoms with Crippen LogP contribution >= 0.6 is 12.4 Å². The van der Waals surface area contributed by atoms with Crippen LogP contribution in [0.2, 0.25) is 0 Å². The van der Waals surface area contributed by atoms with Crippen LogP contribution in [0, 0.1) is 6.92 Å². The van der Waals surface area contributed by atoms with Gasteiger partial charge in [0.05, 0.1) is 6.20 Å². The van der Waals surface area contributed by atoms with Crippen molar-refractivity contribution in [1.82, 2.24) is 15.5 Å². The van der Waals surface area contributed by atoms with Gasteiger partial charge in [-0.2, -0.15) is 5.10 Å². The van der Waals surface area contributed by atoms with E-state index in [1.54, 1.807) is 0 Å². The molecular formula is C9H16ClN3. The van der Waals surface area contributed by atoms with Crippen LogP contribution in [0.15, 0.2) is 6.20 Å². The van der Waals surface area contributed by atoms with E-state index in [9.17, 15) is 0 Å². The van der Waals surface area contributed by atoms with Gasteiger partial charge in [0, 0.05) is 18.2 Å². The molecule has 13 heavy (non-hydrogen) atoms. The molecule has 0 bridgehead atoms. The summed E-state index contributed by atoms with van der Waals surface area (Å²) in [4.78, 5) is 0. The highest BCUT2D eigenvalue weighted by Crippen LogP contribution is 2.23. The Kier molecular flexibility index (Phi) is 3.75. The predicted octanol–water partition coefficient (Wildman–Crippen LogP) is 1.61. The Morgan fingerprint density at radius 2 is 2.38 bits per heavy atom. The zero-order chi connectivity index (χ0) is 8.39. The zero-order valence-electron chi connectivity index (χ0n) is 7.84. The first-order chi connectivity index (χ1) is 5.88. The number of aromatic nitrogens is 2. The molecule has 0 unspecified atom stereocenters. The lowest BCUT2D eigenvalue weighted by Crippen LogP contribution is -2.28. The van der Waals surface area contributed by atoms with E-state index in [0.717, 1.165) is 6.54 Å². The third-order valence-electron chi connectivity index (χ3n) is 2.57. The number of rotatable bonds is 1. The molecule has 0 radical (unpaired) electrons. The van der Waals surface area contributed by atoms with Crippen molar-refractivity contribution in [2.24, 2.45) is 0 Å². The lowest BCUT2D eigenvalue weighted by molar-refractivity contribution is 0.453. The van der Waals surface area contributed by atoms with Gasteiger partial charge in [-0.3, -0.25) is 5.10 Å². The van der Waals surface area contributed by atoms with Crippen molar-refractivity contribution in [3.63, 3.8) is 0 Å². The third-order valence-corrected chi connectivity index (χ3v) is 2.57. The number of halogens is 1. The summed E-state index contributed by atoms with van der Waals surface area (Å²) in [5.41, 5.74) is 2.62. The summed E-state index contributed by atoms with van der Waals surface area (Å²) in [7, 11) is 0. The average Bonchev–Trinajstić information content (AvgIpc) is 2.53. The second-order valence-corrected chi connectivity index (χ2v) is 3.51. The van der Waals surface area contributed by atoms with Gasteiger partial charge >= 0.3 is 0 Å². The molecule has 1 fully saturated rings. The molecular weight excluding hydrogens is 186 g/mol. The highest BCUT2D eigenvalue weighted by molar-refractivity contribution is 5.85. The molecule has 1 aromatic heterocycles. The number of hydrogen-bond acceptors (Lipinski definition) is 2. The van der Waals surface area contributed by atoms with E-state index in [4.69, 9.17) is 0 Å². The number of H-pyrrole nitrogens is 1. The van der Waals surface area contributed by atoms with Crippen molar-refractivity contribution in [3.8, 4) is 0 Å². The quantitative estimate of drug-likeness (QED) is 0.725. The minimum absolute atomic E-state index is 0. The molecule has 0 amide bonds. The Morgan fingerprint density at radius 3 is 2.92 bits per heavy atom. The maximum atomic E-state index is 4.04. The zero-order valence-corrected chi connectivity index (χ0v) is 8.66. The van der Waals surface area contributed by atoms with Gasteiger partial charge < -0.3 is 5.32 Å². The molecule has 2 N–H and O–H groups in total. The van der Waals surface area contributed by atoms with Gasteiger partial charge in [-0.15, -0.1) is 12.4 Å². The van der Waals surface area contributed by atoms with E-state index in [1.165, 1.54) is 30.6 Å². The highest BCUT2D eigenvalue weighted by atomic mass is 35.5. The molecule has 0 aromatic carbocycles. The number of aromatic amines is 1. The van der Waals surface area contributed by atoms with Gasteiger partial charge in [-0.25, -0.2) is 0 Å². The third kappa shape index (κ3) is 2.23. The number of piperidine rings is 1. The molecule has 74 valence electrons. The van der Waals surface area contributed by atoms with Crippen LogP contribution in [0.1, 0.15) is 30.0 Å². The van der Waals surface area contributed by atoms with Crippen LogP contribution in [0.5, 0.6) is 0 Å². The highest BCUT2D eigenvalue weighted by Gasteiger charge is 2.17. The molecule has 1 aliphatic rings. The van der Waals surface area contributed by atoms with Gasteiger partial charge in [0.2, 0.25) is 0 Å². The van der Waals surface area contributed by atoms with Crippen molar-refractivity contribution in [2.75, 3.05) is 13.1 Å². The SMILES string of the molecule is Cc1cn[nH]c1[C@H]1CCCNC1.Cl. The van der Waals surface area contributed by atoms with E-state index in [0.29, 0.717) is 5.92 Å². The van der Waals surface area contributed by atoms with E-state index in [-0.39, 0.29) is 12.4 Å². The van der Waals surface area contributed by atoms with Crippen LogP contribution in [-0.4, -0.2) is 23.3 Å². The molecule has 0 aliphatic carbocycles. The summed E-state index contributed by atoms with van der Waals surface area (Å²) < 4.78 is 0. The molecule has 2 rings (SSSR count).